The molecular formula is C52H84Cl2N4O4S4Zr2-2. The standard InChI is InChI=1S/4C13H21NOS.2ClH.2Zr/c4*1-9-7-10(14(5)6)12(15)11(8-9)16-13(2,3)4;;;;/h4*7-8,15H,1-6H3;2*1H;;/p-2. The van der Waals surface area contributed by atoms with Crippen molar-refractivity contribution in [3.63, 3.8) is 0 Å². The van der Waals surface area contributed by atoms with Crippen molar-refractivity contribution in [2.75, 3.05) is 76.0 Å². The van der Waals surface area contributed by atoms with E-state index in [0.717, 1.165) is 42.3 Å². The fourth-order valence-corrected chi connectivity index (χ4v) is 10.3. The van der Waals surface area contributed by atoms with Crippen molar-refractivity contribution in [1.29, 1.82) is 0 Å². The largest absolute Gasteiger partial charge is 1.00 e. The van der Waals surface area contributed by atoms with E-state index >= 15 is 0 Å². The summed E-state index contributed by atoms with van der Waals surface area (Å²) in [7, 11) is 15.6. The normalized spacial score (nSPS) is 10.9. The monoisotopic (exact) mass is 1210 g/mol. The molecule has 4 rings (SSSR count). The SMILES string of the molecule is Cc1cc(SC(C)(C)C)c(O)c(N(C)C)c1.Cc1cc(SC(C)(C)C)c(O)c(N(C)C)c1.Cc1cc(SC(C)(C)C)c(O)c(N(C)C)c1.Cc1cc(SC(C)(C)C)c(O)c(N(C)C)c1.[Cl-].[Cl-].[Zr].[Zr]. The molecule has 384 valence electrons. The molecule has 0 aliphatic carbocycles. The van der Waals surface area contributed by atoms with Crippen molar-refractivity contribution in [2.45, 2.75) is 149 Å². The number of thioether (sulfide) groups is 4. The molecule has 0 aliphatic heterocycles. The number of halogens is 2. The van der Waals surface area contributed by atoms with Gasteiger partial charge >= 0.3 is 0 Å². The van der Waals surface area contributed by atoms with Gasteiger partial charge in [0.15, 0.2) is 23.0 Å². The van der Waals surface area contributed by atoms with Crippen LogP contribution in [0.25, 0.3) is 0 Å². The van der Waals surface area contributed by atoms with Crippen LogP contribution >= 0.6 is 47.0 Å². The number of anilines is 4. The molecule has 4 aromatic rings. The first kappa shape index (κ1) is 73.6. The summed E-state index contributed by atoms with van der Waals surface area (Å²) >= 11 is 6.79. The number of aryl methyl sites for hydroxylation is 4. The van der Waals surface area contributed by atoms with E-state index < -0.39 is 0 Å². The van der Waals surface area contributed by atoms with Crippen molar-refractivity contribution >= 4 is 69.8 Å². The van der Waals surface area contributed by atoms with E-state index in [4.69, 9.17) is 0 Å². The summed E-state index contributed by atoms with van der Waals surface area (Å²) < 4.78 is 0.424. The summed E-state index contributed by atoms with van der Waals surface area (Å²) in [6.45, 7) is 34.0. The second kappa shape index (κ2) is 30.9. The number of hydrogen-bond acceptors (Lipinski definition) is 12. The molecule has 0 heterocycles. The fraction of sp³-hybridized carbons (Fsp3) is 0.538. The predicted molar refractivity (Wildman–Crippen MR) is 291 cm³/mol. The van der Waals surface area contributed by atoms with Crippen LogP contribution in [0.4, 0.5) is 22.7 Å². The van der Waals surface area contributed by atoms with Crippen molar-refractivity contribution in [1.82, 2.24) is 0 Å². The molecule has 0 fully saturated rings. The van der Waals surface area contributed by atoms with Gasteiger partial charge < -0.3 is 64.8 Å². The van der Waals surface area contributed by atoms with Crippen molar-refractivity contribution in [3.8, 4) is 23.0 Å². The average Bonchev–Trinajstić information content (AvgIpc) is 3.08. The number of hydrogen-bond donors (Lipinski definition) is 4. The second-order valence-electron chi connectivity index (χ2n) is 21.0. The van der Waals surface area contributed by atoms with Crippen LogP contribution in [0.1, 0.15) is 105 Å². The molecule has 0 saturated carbocycles. The van der Waals surface area contributed by atoms with Gasteiger partial charge in [-0.05, 0) is 98.5 Å². The van der Waals surface area contributed by atoms with Gasteiger partial charge in [0.1, 0.15) is 0 Å². The third-order valence-corrected chi connectivity index (χ3v) is 13.0. The number of phenols is 4. The molecule has 0 amide bonds. The zero-order valence-corrected chi connectivity index (χ0v) is 55.3. The maximum atomic E-state index is 10.2. The Morgan fingerprint density at radius 1 is 0.309 bits per heavy atom. The molecule has 0 radical (unpaired) electrons. The summed E-state index contributed by atoms with van der Waals surface area (Å²) in [5.74, 6) is 1.54. The van der Waals surface area contributed by atoms with Gasteiger partial charge in [0, 0.05) is 128 Å². The Hall–Kier alpha value is -0.974. The number of aromatic hydroxyl groups is 4. The zero-order chi connectivity index (χ0) is 50.0. The maximum Gasteiger partial charge on any atom is 0.152 e. The van der Waals surface area contributed by atoms with Gasteiger partial charge in [0.05, 0.1) is 42.3 Å². The first-order chi connectivity index (χ1) is 28.8. The second-order valence-corrected chi connectivity index (χ2v) is 28.4. The number of rotatable bonds is 8. The molecule has 0 aromatic heterocycles. The Morgan fingerprint density at radius 3 is 0.544 bits per heavy atom. The van der Waals surface area contributed by atoms with E-state index in [1.165, 1.54) is 22.3 Å². The van der Waals surface area contributed by atoms with Gasteiger partial charge in [-0.2, -0.15) is 0 Å². The minimum atomic E-state index is 0. The van der Waals surface area contributed by atoms with Gasteiger partial charge in [-0.1, -0.05) is 83.1 Å². The molecule has 68 heavy (non-hydrogen) atoms. The van der Waals surface area contributed by atoms with Crippen molar-refractivity contribution in [3.05, 3.63) is 70.8 Å². The average molecular weight is 1210 g/mol. The first-order valence-corrected chi connectivity index (χ1v) is 24.9. The van der Waals surface area contributed by atoms with Crippen molar-refractivity contribution in [2.24, 2.45) is 0 Å². The number of nitrogens with zero attached hydrogens (tertiary/aromatic N) is 4. The topological polar surface area (TPSA) is 93.9 Å². The van der Waals surface area contributed by atoms with E-state index in [9.17, 15) is 20.4 Å². The molecule has 0 unspecified atom stereocenters. The number of benzene rings is 4. The summed E-state index contributed by atoms with van der Waals surface area (Å²) in [4.78, 5) is 11.6. The van der Waals surface area contributed by atoms with E-state index in [0.29, 0.717) is 23.0 Å². The van der Waals surface area contributed by atoms with E-state index in [1.54, 1.807) is 47.0 Å². The van der Waals surface area contributed by atoms with Crippen LogP contribution in [0.15, 0.2) is 68.1 Å². The van der Waals surface area contributed by atoms with Crippen LogP contribution < -0.4 is 44.4 Å². The Bertz CT molecular complexity index is 1850. The summed E-state index contributed by atoms with van der Waals surface area (Å²) in [6.07, 6.45) is 0. The van der Waals surface area contributed by atoms with E-state index in [1.807, 2.05) is 125 Å². The predicted octanol–water partition coefficient (Wildman–Crippen LogP) is 8.63. The Labute approximate surface area is 481 Å². The minimum absolute atomic E-state index is 0. The summed E-state index contributed by atoms with van der Waals surface area (Å²) in [6, 6.07) is 16.2. The maximum absolute atomic E-state index is 10.2. The molecule has 0 spiro atoms. The van der Waals surface area contributed by atoms with Crippen molar-refractivity contribution < 1.29 is 97.6 Å². The molecule has 0 aliphatic rings. The van der Waals surface area contributed by atoms with Gasteiger partial charge in [-0.15, -0.1) is 47.0 Å². The molecular weight excluding hydrogens is 1130 g/mol. The van der Waals surface area contributed by atoms with E-state index in [2.05, 4.69) is 111 Å². The van der Waals surface area contributed by atoms with Crippen LogP contribution in [0.5, 0.6) is 23.0 Å². The third-order valence-electron chi connectivity index (χ3n) is 8.39. The first-order valence-electron chi connectivity index (χ1n) is 21.6. The van der Waals surface area contributed by atoms with Crippen LogP contribution in [0.3, 0.4) is 0 Å². The van der Waals surface area contributed by atoms with Gasteiger partial charge in [-0.3, -0.25) is 0 Å². The Kier molecular flexibility index (Phi) is 33.4. The summed E-state index contributed by atoms with van der Waals surface area (Å²) in [5, 5.41) is 40.7. The molecule has 0 atom stereocenters. The van der Waals surface area contributed by atoms with Gasteiger partial charge in [-0.25, -0.2) is 0 Å². The third kappa shape index (κ3) is 27.2. The summed E-state index contributed by atoms with van der Waals surface area (Å²) in [5.41, 5.74) is 8.22. The molecule has 16 heteroatoms. The zero-order valence-electron chi connectivity index (χ0n) is 45.6. The van der Waals surface area contributed by atoms with Crippen LogP contribution in [-0.2, 0) is 52.4 Å². The molecule has 0 bridgehead atoms. The minimum Gasteiger partial charge on any atom is -1.00 e. The van der Waals surface area contributed by atoms with Crippen LogP contribution in [0.2, 0.25) is 0 Å². The Morgan fingerprint density at radius 2 is 0.441 bits per heavy atom. The quantitative estimate of drug-likeness (QED) is 0.127. The van der Waals surface area contributed by atoms with Crippen LogP contribution in [-0.4, -0.2) is 95.8 Å². The van der Waals surface area contributed by atoms with Crippen LogP contribution in [0, 0.1) is 27.7 Å². The smallest absolute Gasteiger partial charge is 0.152 e. The van der Waals surface area contributed by atoms with Gasteiger partial charge in [0.2, 0.25) is 0 Å². The van der Waals surface area contributed by atoms with E-state index in [-0.39, 0.29) is 96.2 Å². The van der Waals surface area contributed by atoms with Gasteiger partial charge in [0.25, 0.3) is 0 Å². The Balaban J connectivity index is -0.000000394. The molecule has 0 saturated heterocycles. The fourth-order valence-electron chi connectivity index (χ4n) is 5.90. The number of phenolic OH excluding ortho intramolecular Hbond substituents is 4. The molecule has 8 nitrogen and oxygen atoms in total. The molecule has 4 N–H and O–H groups in total. The molecule has 4 aromatic carbocycles.